The van der Waals surface area contributed by atoms with Crippen LogP contribution in [0, 0.1) is 6.92 Å². The summed E-state index contributed by atoms with van der Waals surface area (Å²) < 4.78 is 5.47. The van der Waals surface area contributed by atoms with Crippen LogP contribution in [0.4, 0.5) is 22.2 Å². The molecule has 2 aromatic heterocycles. The van der Waals surface area contributed by atoms with Crippen LogP contribution in [0.1, 0.15) is 11.1 Å². The van der Waals surface area contributed by atoms with Crippen LogP contribution in [0.25, 0.3) is 22.6 Å². The Bertz CT molecular complexity index is 1360. The minimum atomic E-state index is -0.185. The molecule has 166 valence electrons. The van der Waals surface area contributed by atoms with Gasteiger partial charge >= 0.3 is 6.03 Å². The molecule has 33 heavy (non-hydrogen) atoms. The normalized spacial score (nSPS) is 13.2. The molecule has 3 heterocycles. The van der Waals surface area contributed by atoms with Crippen molar-refractivity contribution in [3.63, 3.8) is 0 Å². The molecule has 0 saturated heterocycles. The molecule has 0 unspecified atom stereocenters. The third-order valence-corrected chi connectivity index (χ3v) is 5.77. The molecule has 1 aliphatic rings. The number of carbonyl (C=O) groups is 1. The van der Waals surface area contributed by atoms with Gasteiger partial charge < -0.3 is 15.5 Å². The monoisotopic (exact) mass is 441 g/mol. The summed E-state index contributed by atoms with van der Waals surface area (Å²) in [5.41, 5.74) is 10.9. The van der Waals surface area contributed by atoms with Gasteiger partial charge in [-0.05, 0) is 30.7 Å². The third kappa shape index (κ3) is 3.53. The molecule has 0 spiro atoms. The van der Waals surface area contributed by atoms with Crippen LogP contribution in [-0.2, 0) is 6.54 Å². The van der Waals surface area contributed by atoms with Gasteiger partial charge in [0, 0.05) is 35.6 Å². The lowest BCUT2D eigenvalue weighted by Gasteiger charge is -2.34. The predicted molar refractivity (Wildman–Crippen MR) is 127 cm³/mol. The molecule has 4 aromatic rings. The zero-order chi connectivity index (χ0) is 23.1. The summed E-state index contributed by atoms with van der Waals surface area (Å²) in [6, 6.07) is 13.5. The first kappa shape index (κ1) is 20.5. The van der Waals surface area contributed by atoms with E-state index in [-0.39, 0.29) is 12.0 Å². The van der Waals surface area contributed by atoms with E-state index < -0.39 is 0 Å². The summed E-state index contributed by atoms with van der Waals surface area (Å²) in [5.74, 6) is 2.14. The second-order valence-corrected chi connectivity index (χ2v) is 7.85. The Morgan fingerprint density at radius 1 is 1.12 bits per heavy atom. The largest absolute Gasteiger partial charge is 0.496 e. The van der Waals surface area contributed by atoms with Crippen molar-refractivity contribution in [1.29, 1.82) is 0 Å². The van der Waals surface area contributed by atoms with Gasteiger partial charge in [0.2, 0.25) is 5.95 Å². The van der Waals surface area contributed by atoms with Crippen LogP contribution in [0.15, 0.2) is 54.9 Å². The van der Waals surface area contributed by atoms with E-state index in [9.17, 15) is 4.79 Å². The van der Waals surface area contributed by atoms with Crippen LogP contribution in [0.5, 0.6) is 5.75 Å². The lowest BCUT2D eigenvalue weighted by Crippen LogP contribution is -2.46. The van der Waals surface area contributed by atoms with Crippen LogP contribution >= 0.6 is 0 Å². The number of carbonyl (C=O) groups excluding carboxylic acids is 1. The number of aryl methyl sites for hydroxylation is 1. The van der Waals surface area contributed by atoms with Crippen molar-refractivity contribution in [1.82, 2.24) is 19.9 Å². The van der Waals surface area contributed by atoms with E-state index in [0.29, 0.717) is 18.2 Å². The Morgan fingerprint density at radius 2 is 1.94 bits per heavy atom. The highest BCUT2D eigenvalue weighted by molar-refractivity contribution is 6.05. The van der Waals surface area contributed by atoms with Crippen molar-refractivity contribution in [3.8, 4) is 28.4 Å². The number of anilines is 3. The average molecular weight is 441 g/mol. The molecule has 0 aliphatic carbocycles. The number of aromatic nitrogens is 4. The van der Waals surface area contributed by atoms with Crippen LogP contribution < -0.4 is 20.3 Å². The van der Waals surface area contributed by atoms with Crippen molar-refractivity contribution in [2.45, 2.75) is 13.5 Å². The summed E-state index contributed by atoms with van der Waals surface area (Å²) >= 11 is 0. The number of methoxy groups -OCH3 is 1. The van der Waals surface area contributed by atoms with E-state index in [4.69, 9.17) is 10.5 Å². The Balaban J connectivity index is 1.52. The third-order valence-electron chi connectivity index (χ3n) is 5.77. The zero-order valence-corrected chi connectivity index (χ0v) is 18.5. The summed E-state index contributed by atoms with van der Waals surface area (Å²) in [6.07, 6.45) is 3.45. The lowest BCUT2D eigenvalue weighted by atomic mass is 10.1. The number of amides is 2. The van der Waals surface area contributed by atoms with E-state index in [1.807, 2.05) is 49.4 Å². The van der Waals surface area contributed by atoms with E-state index in [1.54, 1.807) is 31.5 Å². The van der Waals surface area contributed by atoms with E-state index in [2.05, 4.69) is 19.9 Å². The lowest BCUT2D eigenvalue weighted by molar-refractivity contribution is 0.251. The van der Waals surface area contributed by atoms with E-state index >= 15 is 0 Å². The molecule has 9 nitrogen and oxygen atoms in total. The molecule has 0 fully saturated rings. The average Bonchev–Trinajstić information content (AvgIpc) is 3.32. The van der Waals surface area contributed by atoms with Gasteiger partial charge in [0.15, 0.2) is 0 Å². The van der Waals surface area contributed by atoms with Crippen molar-refractivity contribution < 1.29 is 9.53 Å². The SMILES string of the molecule is COc1ccccc1-c1cnc(-c2ccc(C)c(N3Cc4cnc(N)nc4N(C)C3=O)c2)[nH]1. The predicted octanol–water partition coefficient (Wildman–Crippen LogP) is 4.01. The number of para-hydroxylation sites is 1. The van der Waals surface area contributed by atoms with Gasteiger partial charge in [-0.3, -0.25) is 9.80 Å². The molecular formula is C24H23N7O2. The minimum absolute atomic E-state index is 0.142. The molecule has 2 aromatic carbocycles. The highest BCUT2D eigenvalue weighted by atomic mass is 16.5. The minimum Gasteiger partial charge on any atom is -0.496 e. The molecule has 2 amide bonds. The standard InChI is InChI=1S/C24H23N7O2/c1-14-8-9-15(21-26-12-18(28-21)17-6-4-5-7-20(17)33-3)10-19(14)31-13-16-11-27-23(25)29-22(16)30(2)24(31)32/h4-12H,13H2,1-3H3,(H,26,28)(H2,25,27,29). The fourth-order valence-electron chi connectivity index (χ4n) is 4.03. The smallest absolute Gasteiger partial charge is 0.330 e. The first-order valence-corrected chi connectivity index (χ1v) is 10.4. The second kappa shape index (κ2) is 7.94. The molecule has 0 radical (unpaired) electrons. The van der Waals surface area contributed by atoms with Crippen molar-refractivity contribution in [2.24, 2.45) is 0 Å². The number of ether oxygens (including phenoxy) is 1. The van der Waals surface area contributed by atoms with Crippen LogP contribution in [-0.4, -0.2) is 40.1 Å². The zero-order valence-electron chi connectivity index (χ0n) is 18.5. The maximum Gasteiger partial charge on any atom is 0.330 e. The quantitative estimate of drug-likeness (QED) is 0.495. The highest BCUT2D eigenvalue weighted by Gasteiger charge is 2.31. The second-order valence-electron chi connectivity index (χ2n) is 7.85. The van der Waals surface area contributed by atoms with E-state index in [1.165, 1.54) is 4.90 Å². The Morgan fingerprint density at radius 3 is 2.76 bits per heavy atom. The molecule has 0 bridgehead atoms. The first-order chi connectivity index (χ1) is 16.0. The van der Waals surface area contributed by atoms with Gasteiger partial charge in [-0.25, -0.2) is 14.8 Å². The molecule has 3 N–H and O–H groups in total. The summed E-state index contributed by atoms with van der Waals surface area (Å²) in [5, 5.41) is 0. The van der Waals surface area contributed by atoms with Crippen molar-refractivity contribution in [3.05, 3.63) is 66.0 Å². The molecule has 1 aliphatic heterocycles. The number of hydrogen-bond donors (Lipinski definition) is 2. The molecule has 0 atom stereocenters. The number of nitrogens with two attached hydrogens (primary N) is 1. The van der Waals surface area contributed by atoms with Gasteiger partial charge in [0.25, 0.3) is 0 Å². The Kier molecular flexibility index (Phi) is 4.93. The number of benzene rings is 2. The number of nitrogens with one attached hydrogen (secondary N) is 1. The number of nitrogen functional groups attached to an aromatic ring is 1. The molecule has 9 heteroatoms. The van der Waals surface area contributed by atoms with Gasteiger partial charge in [0.05, 0.1) is 25.5 Å². The highest BCUT2D eigenvalue weighted by Crippen LogP contribution is 2.35. The van der Waals surface area contributed by atoms with Crippen molar-refractivity contribution >= 4 is 23.5 Å². The number of fused-ring (bicyclic) bond motifs is 1. The number of hydrogen-bond acceptors (Lipinski definition) is 6. The number of imidazole rings is 1. The fraction of sp³-hybridized carbons (Fsp3) is 0.167. The number of rotatable bonds is 4. The van der Waals surface area contributed by atoms with Gasteiger partial charge in [0.1, 0.15) is 17.4 Å². The first-order valence-electron chi connectivity index (χ1n) is 10.4. The number of nitrogens with zero attached hydrogens (tertiary/aromatic N) is 5. The van der Waals surface area contributed by atoms with Crippen LogP contribution in [0.2, 0.25) is 0 Å². The topological polar surface area (TPSA) is 113 Å². The molecular weight excluding hydrogens is 418 g/mol. The fourth-order valence-corrected chi connectivity index (χ4v) is 4.03. The maximum atomic E-state index is 13.2. The van der Waals surface area contributed by atoms with Gasteiger partial charge in [-0.1, -0.05) is 24.3 Å². The summed E-state index contributed by atoms with van der Waals surface area (Å²) in [6.45, 7) is 2.33. The molecule has 0 saturated carbocycles. The van der Waals surface area contributed by atoms with Gasteiger partial charge in [-0.2, -0.15) is 4.98 Å². The van der Waals surface area contributed by atoms with Crippen LogP contribution in [0.3, 0.4) is 0 Å². The molecule has 5 rings (SSSR count). The maximum absolute atomic E-state index is 13.2. The number of aromatic amines is 1. The summed E-state index contributed by atoms with van der Waals surface area (Å²) in [4.78, 5) is 32.6. The summed E-state index contributed by atoms with van der Waals surface area (Å²) in [7, 11) is 3.33. The Hall–Kier alpha value is -4.40. The Labute approximate surface area is 190 Å². The van der Waals surface area contributed by atoms with E-state index in [0.717, 1.165) is 39.4 Å². The van der Waals surface area contributed by atoms with Crippen molar-refractivity contribution in [2.75, 3.05) is 29.7 Å². The van der Waals surface area contributed by atoms with Gasteiger partial charge in [-0.15, -0.1) is 0 Å². The number of H-pyrrole nitrogens is 1. The number of urea groups is 1.